The van der Waals surface area contributed by atoms with E-state index in [-0.39, 0.29) is 11.8 Å². The summed E-state index contributed by atoms with van der Waals surface area (Å²) in [6, 6.07) is 6.47. The lowest BCUT2D eigenvalue weighted by atomic mass is 10.0. The van der Waals surface area contributed by atoms with Gasteiger partial charge in [0.05, 0.1) is 7.11 Å². The molecule has 0 saturated carbocycles. The highest BCUT2D eigenvalue weighted by molar-refractivity contribution is 5.97. The molecular formula is C19H29N3O3. The summed E-state index contributed by atoms with van der Waals surface area (Å²) in [6.45, 7) is 7.26. The summed E-state index contributed by atoms with van der Waals surface area (Å²) >= 11 is 0. The lowest BCUT2D eigenvalue weighted by Crippen LogP contribution is -2.54. The zero-order chi connectivity index (χ0) is 18.4. The van der Waals surface area contributed by atoms with Crippen LogP contribution in [0.4, 0.5) is 0 Å². The van der Waals surface area contributed by atoms with Crippen molar-refractivity contribution >= 4 is 11.8 Å². The quantitative estimate of drug-likeness (QED) is 0.849. The van der Waals surface area contributed by atoms with E-state index in [9.17, 15) is 9.59 Å². The van der Waals surface area contributed by atoms with Gasteiger partial charge in [0.25, 0.3) is 5.91 Å². The van der Waals surface area contributed by atoms with Crippen LogP contribution in [0.3, 0.4) is 0 Å². The van der Waals surface area contributed by atoms with Crippen molar-refractivity contribution in [3.63, 3.8) is 0 Å². The summed E-state index contributed by atoms with van der Waals surface area (Å²) in [4.78, 5) is 29.6. The van der Waals surface area contributed by atoms with Crippen molar-refractivity contribution in [2.45, 2.75) is 26.3 Å². The monoisotopic (exact) mass is 347 g/mol. The van der Waals surface area contributed by atoms with Crippen molar-refractivity contribution in [2.75, 3.05) is 40.3 Å². The topological polar surface area (TPSA) is 61.9 Å². The molecule has 1 saturated heterocycles. The van der Waals surface area contributed by atoms with Crippen LogP contribution >= 0.6 is 0 Å². The molecule has 1 aromatic carbocycles. The van der Waals surface area contributed by atoms with Crippen LogP contribution in [0.15, 0.2) is 24.3 Å². The summed E-state index contributed by atoms with van der Waals surface area (Å²) in [5.74, 6) is 0.704. The number of benzene rings is 1. The van der Waals surface area contributed by atoms with Crippen molar-refractivity contribution in [1.82, 2.24) is 15.1 Å². The summed E-state index contributed by atoms with van der Waals surface area (Å²) in [5, 5.41) is 2.92. The normalized spacial score (nSPS) is 16.6. The van der Waals surface area contributed by atoms with Gasteiger partial charge in [0.15, 0.2) is 0 Å². The molecule has 0 radical (unpaired) electrons. The van der Waals surface area contributed by atoms with Crippen molar-refractivity contribution in [3.05, 3.63) is 29.8 Å². The molecule has 138 valence electrons. The number of hydrogen-bond acceptors (Lipinski definition) is 4. The molecule has 0 aliphatic carbocycles. The fourth-order valence-electron chi connectivity index (χ4n) is 2.95. The second-order valence-corrected chi connectivity index (χ2v) is 7.02. The lowest BCUT2D eigenvalue weighted by Gasteiger charge is -2.35. The molecule has 6 nitrogen and oxygen atoms in total. The van der Waals surface area contributed by atoms with E-state index in [4.69, 9.17) is 4.74 Å². The Morgan fingerprint density at radius 1 is 1.20 bits per heavy atom. The smallest absolute Gasteiger partial charge is 0.252 e. The highest BCUT2D eigenvalue weighted by atomic mass is 16.5. The van der Waals surface area contributed by atoms with Crippen LogP contribution in [0.2, 0.25) is 0 Å². The Morgan fingerprint density at radius 2 is 1.88 bits per heavy atom. The maximum atomic E-state index is 12.9. The van der Waals surface area contributed by atoms with Gasteiger partial charge < -0.3 is 19.9 Å². The molecule has 1 atom stereocenters. The van der Waals surface area contributed by atoms with Gasteiger partial charge in [-0.15, -0.1) is 0 Å². The van der Waals surface area contributed by atoms with Gasteiger partial charge in [0.1, 0.15) is 11.8 Å². The first-order chi connectivity index (χ1) is 11.9. The minimum Gasteiger partial charge on any atom is -0.497 e. The van der Waals surface area contributed by atoms with Crippen LogP contribution in [-0.4, -0.2) is 68.0 Å². The highest BCUT2D eigenvalue weighted by Crippen LogP contribution is 2.14. The second-order valence-electron chi connectivity index (χ2n) is 7.02. The molecule has 1 aliphatic rings. The predicted octanol–water partition coefficient (Wildman–Crippen LogP) is 1.61. The van der Waals surface area contributed by atoms with E-state index in [0.29, 0.717) is 36.7 Å². The van der Waals surface area contributed by atoms with E-state index in [0.717, 1.165) is 13.1 Å². The van der Waals surface area contributed by atoms with Gasteiger partial charge in [0.2, 0.25) is 5.91 Å². The molecular weight excluding hydrogens is 318 g/mol. The predicted molar refractivity (Wildman–Crippen MR) is 97.8 cm³/mol. The molecule has 1 N–H and O–H groups in total. The Kier molecular flexibility index (Phi) is 6.82. The Labute approximate surface area is 150 Å². The minimum absolute atomic E-state index is 0.0121. The first kappa shape index (κ1) is 19.2. The number of piperazine rings is 1. The zero-order valence-corrected chi connectivity index (χ0v) is 15.6. The van der Waals surface area contributed by atoms with E-state index in [1.54, 1.807) is 31.4 Å². The maximum Gasteiger partial charge on any atom is 0.252 e. The molecule has 0 aromatic heterocycles. The molecule has 2 rings (SSSR count). The largest absolute Gasteiger partial charge is 0.497 e. The van der Waals surface area contributed by atoms with Gasteiger partial charge in [-0.25, -0.2) is 0 Å². The third-order valence-corrected chi connectivity index (χ3v) is 4.46. The molecule has 1 aromatic rings. The number of amides is 2. The Bertz CT molecular complexity index is 595. The summed E-state index contributed by atoms with van der Waals surface area (Å²) in [5.41, 5.74) is 0.499. The molecule has 1 fully saturated rings. The number of nitrogens with one attached hydrogen (secondary N) is 1. The molecule has 25 heavy (non-hydrogen) atoms. The number of rotatable bonds is 6. The van der Waals surface area contributed by atoms with Crippen molar-refractivity contribution in [1.29, 1.82) is 0 Å². The van der Waals surface area contributed by atoms with E-state index in [1.165, 1.54) is 0 Å². The van der Waals surface area contributed by atoms with E-state index in [2.05, 4.69) is 31.1 Å². The molecule has 6 heteroatoms. The number of likely N-dealkylation sites (N-methyl/N-ethyl adjacent to an activating group) is 1. The van der Waals surface area contributed by atoms with Crippen molar-refractivity contribution in [3.8, 4) is 5.75 Å². The second kappa shape index (κ2) is 8.85. The zero-order valence-electron chi connectivity index (χ0n) is 15.6. The average molecular weight is 347 g/mol. The van der Waals surface area contributed by atoms with E-state index >= 15 is 0 Å². The number of carbonyl (C=O) groups is 2. The fourth-order valence-corrected chi connectivity index (χ4v) is 2.95. The van der Waals surface area contributed by atoms with Crippen LogP contribution in [-0.2, 0) is 4.79 Å². The molecule has 0 bridgehead atoms. The van der Waals surface area contributed by atoms with Crippen LogP contribution in [0, 0.1) is 5.92 Å². The summed E-state index contributed by atoms with van der Waals surface area (Å²) in [7, 11) is 3.62. The molecule has 0 unspecified atom stereocenters. The van der Waals surface area contributed by atoms with E-state index in [1.807, 2.05) is 4.90 Å². The van der Waals surface area contributed by atoms with Crippen LogP contribution in [0.1, 0.15) is 30.6 Å². The lowest BCUT2D eigenvalue weighted by molar-refractivity contribution is -0.135. The standard InChI is InChI=1S/C19H29N3O3/c1-14(2)12-17(19(24)22-10-8-21(3)9-11-22)20-18(23)15-6-5-7-16(13-15)25-4/h5-7,13-14,17H,8-12H2,1-4H3,(H,20,23)/t17-/m0/s1. The SMILES string of the molecule is COc1cccc(C(=O)N[C@@H](CC(C)C)C(=O)N2CCN(C)CC2)c1. The third-order valence-electron chi connectivity index (χ3n) is 4.46. The molecule has 2 amide bonds. The van der Waals surface area contributed by atoms with Crippen LogP contribution in [0.25, 0.3) is 0 Å². The van der Waals surface area contributed by atoms with Gasteiger partial charge in [-0.3, -0.25) is 9.59 Å². The molecule has 1 heterocycles. The Morgan fingerprint density at radius 3 is 2.48 bits per heavy atom. The van der Waals surface area contributed by atoms with E-state index < -0.39 is 6.04 Å². The van der Waals surface area contributed by atoms with Gasteiger partial charge in [-0.05, 0) is 37.6 Å². The maximum absolute atomic E-state index is 12.9. The first-order valence-corrected chi connectivity index (χ1v) is 8.83. The fraction of sp³-hybridized carbons (Fsp3) is 0.579. The number of ether oxygens (including phenoxy) is 1. The Hall–Kier alpha value is -2.08. The number of carbonyl (C=O) groups excluding carboxylic acids is 2. The summed E-state index contributed by atoms with van der Waals surface area (Å²) < 4.78 is 5.17. The molecule has 0 spiro atoms. The molecule has 1 aliphatic heterocycles. The average Bonchev–Trinajstić information content (AvgIpc) is 2.60. The number of hydrogen-bond donors (Lipinski definition) is 1. The van der Waals surface area contributed by atoms with Gasteiger partial charge >= 0.3 is 0 Å². The van der Waals surface area contributed by atoms with Gasteiger partial charge in [0, 0.05) is 31.7 Å². The Balaban J connectivity index is 2.08. The van der Waals surface area contributed by atoms with Gasteiger partial charge in [-0.2, -0.15) is 0 Å². The first-order valence-electron chi connectivity index (χ1n) is 8.83. The third kappa shape index (κ3) is 5.46. The highest BCUT2D eigenvalue weighted by Gasteiger charge is 2.28. The summed E-state index contributed by atoms with van der Waals surface area (Å²) in [6.07, 6.45) is 0.626. The van der Waals surface area contributed by atoms with Crippen molar-refractivity contribution in [2.24, 2.45) is 5.92 Å². The van der Waals surface area contributed by atoms with Crippen LogP contribution < -0.4 is 10.1 Å². The number of nitrogens with zero attached hydrogens (tertiary/aromatic N) is 2. The van der Waals surface area contributed by atoms with Gasteiger partial charge in [-0.1, -0.05) is 19.9 Å². The minimum atomic E-state index is -0.498. The number of methoxy groups -OCH3 is 1. The van der Waals surface area contributed by atoms with Crippen LogP contribution in [0.5, 0.6) is 5.75 Å². The van der Waals surface area contributed by atoms with Crippen molar-refractivity contribution < 1.29 is 14.3 Å².